The number of anilines is 1. The Hall–Kier alpha value is -3.44. The molecule has 8 N–H and O–H groups in total. The predicted molar refractivity (Wildman–Crippen MR) is 143 cm³/mol. The zero-order valence-corrected chi connectivity index (χ0v) is 21.7. The third-order valence-electron chi connectivity index (χ3n) is 6.03. The Labute approximate surface area is 217 Å². The topological polar surface area (TPSA) is 182 Å². The van der Waals surface area contributed by atoms with Crippen molar-refractivity contribution in [2.45, 2.75) is 70.0 Å². The minimum atomic E-state index is -1.20. The Morgan fingerprint density at radius 3 is 2.62 bits per heavy atom. The number of amides is 2. The van der Waals surface area contributed by atoms with Crippen molar-refractivity contribution in [1.29, 1.82) is 0 Å². The van der Waals surface area contributed by atoms with E-state index in [4.69, 9.17) is 16.2 Å². The van der Waals surface area contributed by atoms with Gasteiger partial charge in [-0.2, -0.15) is 0 Å². The zero-order valence-electron chi connectivity index (χ0n) is 21.7. The summed E-state index contributed by atoms with van der Waals surface area (Å²) in [7, 11) is 1.62. The van der Waals surface area contributed by atoms with Gasteiger partial charge < -0.3 is 37.3 Å². The van der Waals surface area contributed by atoms with E-state index < -0.39 is 24.0 Å². The van der Waals surface area contributed by atoms with E-state index in [0.29, 0.717) is 25.9 Å². The summed E-state index contributed by atoms with van der Waals surface area (Å²) in [5.74, 6) is -1.26. The van der Waals surface area contributed by atoms with Crippen LogP contribution in [0.4, 0.5) is 5.69 Å². The fourth-order valence-corrected chi connectivity index (χ4v) is 3.91. The molecule has 0 saturated carbocycles. The Morgan fingerprint density at radius 1 is 1.14 bits per heavy atom. The summed E-state index contributed by atoms with van der Waals surface area (Å²) in [5.41, 5.74) is 13.0. The summed E-state index contributed by atoms with van der Waals surface area (Å²) in [4.78, 5) is 40.4. The number of hydrogen-bond acceptors (Lipinski definition) is 8. The highest BCUT2D eigenvalue weighted by atomic mass is 16.5. The maximum Gasteiger partial charge on any atom is 0.326 e. The van der Waals surface area contributed by atoms with Crippen LogP contribution in [-0.4, -0.2) is 66.2 Å². The van der Waals surface area contributed by atoms with Crippen molar-refractivity contribution in [2.75, 3.05) is 25.5 Å². The molecule has 0 aliphatic carbocycles. The van der Waals surface area contributed by atoms with Gasteiger partial charge in [-0.3, -0.25) is 14.6 Å². The largest absolute Gasteiger partial charge is 0.497 e. The van der Waals surface area contributed by atoms with Gasteiger partial charge >= 0.3 is 5.97 Å². The molecule has 2 rings (SSSR count). The number of benzene rings is 1. The molecule has 1 heterocycles. The second kappa shape index (κ2) is 15.6. The lowest BCUT2D eigenvalue weighted by atomic mass is 10.1. The molecule has 11 heteroatoms. The molecule has 0 aliphatic rings. The highest BCUT2D eigenvalue weighted by Gasteiger charge is 2.23. The van der Waals surface area contributed by atoms with Crippen molar-refractivity contribution in [1.82, 2.24) is 15.6 Å². The first-order valence-electron chi connectivity index (χ1n) is 12.7. The average Bonchev–Trinajstić information content (AvgIpc) is 2.88. The number of nitrogens with two attached hydrogens (primary N) is 2. The number of nitrogens with zero attached hydrogens (tertiary/aromatic N) is 1. The van der Waals surface area contributed by atoms with E-state index >= 15 is 0 Å². The molecule has 11 nitrogen and oxygen atoms in total. The lowest BCUT2D eigenvalue weighted by Gasteiger charge is -2.18. The van der Waals surface area contributed by atoms with E-state index in [1.54, 1.807) is 13.3 Å². The first kappa shape index (κ1) is 29.8. The minimum Gasteiger partial charge on any atom is -0.497 e. The number of pyridine rings is 1. The van der Waals surface area contributed by atoms with Gasteiger partial charge in [-0.1, -0.05) is 12.5 Å². The zero-order chi connectivity index (χ0) is 27.2. The van der Waals surface area contributed by atoms with E-state index in [-0.39, 0.29) is 24.8 Å². The number of ether oxygens (including phenoxy) is 1. The van der Waals surface area contributed by atoms with Crippen molar-refractivity contribution >= 4 is 34.4 Å². The van der Waals surface area contributed by atoms with Gasteiger partial charge in [-0.05, 0) is 57.7 Å². The van der Waals surface area contributed by atoms with Crippen LogP contribution in [0.25, 0.3) is 10.9 Å². The van der Waals surface area contributed by atoms with Crippen molar-refractivity contribution < 1.29 is 24.2 Å². The van der Waals surface area contributed by atoms with E-state index in [9.17, 15) is 19.5 Å². The number of carboxylic acids is 1. The predicted octanol–water partition coefficient (Wildman–Crippen LogP) is 1.75. The molecule has 0 spiro atoms. The van der Waals surface area contributed by atoms with Crippen LogP contribution in [0.3, 0.4) is 0 Å². The van der Waals surface area contributed by atoms with E-state index in [1.807, 2.05) is 24.3 Å². The fraction of sp³-hybridized carbons (Fsp3) is 0.538. The molecule has 204 valence electrons. The van der Waals surface area contributed by atoms with Gasteiger partial charge in [0.25, 0.3) is 0 Å². The summed E-state index contributed by atoms with van der Waals surface area (Å²) in [6.45, 7) is 3.02. The third-order valence-corrected chi connectivity index (χ3v) is 6.03. The summed E-state index contributed by atoms with van der Waals surface area (Å²) < 4.78 is 5.39. The fourth-order valence-electron chi connectivity index (χ4n) is 3.91. The first-order valence-corrected chi connectivity index (χ1v) is 12.7. The lowest BCUT2D eigenvalue weighted by Crippen LogP contribution is -2.48. The van der Waals surface area contributed by atoms with Gasteiger partial charge in [-0.15, -0.1) is 0 Å². The molecule has 2 aromatic rings. The van der Waals surface area contributed by atoms with Crippen LogP contribution in [0, 0.1) is 0 Å². The Bertz CT molecular complexity index is 1030. The van der Waals surface area contributed by atoms with Gasteiger partial charge in [0.15, 0.2) is 0 Å². The van der Waals surface area contributed by atoms with E-state index in [2.05, 4.69) is 27.9 Å². The number of aromatic nitrogens is 1. The number of aliphatic carboxylic acids is 1. The van der Waals surface area contributed by atoms with Gasteiger partial charge in [0, 0.05) is 36.7 Å². The second-order valence-electron chi connectivity index (χ2n) is 9.12. The molecule has 3 atom stereocenters. The van der Waals surface area contributed by atoms with Crippen molar-refractivity contribution in [3.05, 3.63) is 30.5 Å². The molecular weight excluding hydrogens is 476 g/mol. The quantitative estimate of drug-likeness (QED) is 0.171. The molecule has 0 aliphatic heterocycles. The monoisotopic (exact) mass is 516 g/mol. The molecule has 0 fully saturated rings. The van der Waals surface area contributed by atoms with Crippen LogP contribution in [0.5, 0.6) is 5.75 Å². The van der Waals surface area contributed by atoms with Crippen molar-refractivity contribution in [3.63, 3.8) is 0 Å². The number of carbonyl (C=O) groups is 3. The Kier molecular flexibility index (Phi) is 12.6. The smallest absolute Gasteiger partial charge is 0.326 e. The summed E-state index contributed by atoms with van der Waals surface area (Å²) in [5, 5.41) is 19.1. The molecule has 0 radical (unpaired) electrons. The molecular formula is C26H40N6O5. The first-order chi connectivity index (χ1) is 17.7. The normalized spacial score (nSPS) is 13.4. The number of unbranched alkanes of at least 4 members (excludes halogenated alkanes) is 1. The van der Waals surface area contributed by atoms with Crippen LogP contribution in [0.1, 0.15) is 51.9 Å². The van der Waals surface area contributed by atoms with Crippen LogP contribution >= 0.6 is 0 Å². The molecule has 0 bridgehead atoms. The maximum absolute atomic E-state index is 12.2. The number of fused-ring (bicyclic) bond motifs is 1. The van der Waals surface area contributed by atoms with Crippen LogP contribution in [-0.2, 0) is 14.4 Å². The minimum absolute atomic E-state index is 0.0176. The van der Waals surface area contributed by atoms with Crippen molar-refractivity contribution in [3.8, 4) is 5.75 Å². The van der Waals surface area contributed by atoms with Crippen LogP contribution in [0.15, 0.2) is 30.5 Å². The highest BCUT2D eigenvalue weighted by molar-refractivity contribution is 5.92. The van der Waals surface area contributed by atoms with Crippen LogP contribution < -0.4 is 32.2 Å². The Balaban J connectivity index is 1.73. The van der Waals surface area contributed by atoms with Crippen LogP contribution in [0.2, 0.25) is 0 Å². The highest BCUT2D eigenvalue weighted by Crippen LogP contribution is 2.28. The third kappa shape index (κ3) is 10.2. The Morgan fingerprint density at radius 2 is 1.92 bits per heavy atom. The molecule has 1 aromatic heterocycles. The standard InChI is InChI=1S/C26H40N6O5/c1-17(31-22-16-19(37-2)15-18-8-6-14-30-24(18)22)7-5-13-29-23(33)11-10-21(26(35)36)32-25(34)20(28)9-3-4-12-27/h6,8,14-17,20-21,31H,3-5,7,9-13,27-28H2,1-2H3,(H,29,33)(H,32,34)(H,35,36)/t17?,20-,21?/m0/s1. The molecule has 0 saturated heterocycles. The van der Waals surface area contributed by atoms with Crippen molar-refractivity contribution in [2.24, 2.45) is 11.5 Å². The molecule has 2 unspecified atom stereocenters. The molecule has 37 heavy (non-hydrogen) atoms. The number of rotatable bonds is 17. The molecule has 2 amide bonds. The lowest BCUT2D eigenvalue weighted by molar-refractivity contribution is -0.142. The number of carbonyl (C=O) groups excluding carboxylic acids is 2. The number of carboxylic acid groups (broad SMARTS) is 1. The average molecular weight is 517 g/mol. The summed E-state index contributed by atoms with van der Waals surface area (Å²) in [6.07, 6.45) is 5.09. The van der Waals surface area contributed by atoms with Gasteiger partial charge in [0.05, 0.1) is 24.4 Å². The van der Waals surface area contributed by atoms with Gasteiger partial charge in [-0.25, -0.2) is 4.79 Å². The van der Waals surface area contributed by atoms with E-state index in [0.717, 1.165) is 41.6 Å². The SMILES string of the molecule is COc1cc(NC(C)CCCNC(=O)CCC(NC(=O)[C@@H](N)CCCCN)C(=O)O)c2ncccc2c1. The van der Waals surface area contributed by atoms with Gasteiger partial charge in [0.2, 0.25) is 11.8 Å². The maximum atomic E-state index is 12.2. The summed E-state index contributed by atoms with van der Waals surface area (Å²) >= 11 is 0. The second-order valence-corrected chi connectivity index (χ2v) is 9.12. The number of hydrogen-bond donors (Lipinski definition) is 6. The number of methoxy groups -OCH3 is 1. The number of nitrogens with one attached hydrogen (secondary N) is 3. The molecule has 1 aromatic carbocycles. The van der Waals surface area contributed by atoms with E-state index in [1.165, 1.54) is 0 Å². The summed E-state index contributed by atoms with van der Waals surface area (Å²) in [6, 6.07) is 5.86. The van der Waals surface area contributed by atoms with Gasteiger partial charge in [0.1, 0.15) is 11.8 Å².